The van der Waals surface area contributed by atoms with Crippen LogP contribution in [0.1, 0.15) is 12.8 Å². The summed E-state index contributed by atoms with van der Waals surface area (Å²) >= 11 is 0. The molecule has 3 nitrogen and oxygen atoms in total. The van der Waals surface area contributed by atoms with Crippen LogP contribution in [-0.4, -0.2) is 28.7 Å². The highest BCUT2D eigenvalue weighted by molar-refractivity contribution is 5.66. The third-order valence-electron chi connectivity index (χ3n) is 2.35. The first-order chi connectivity index (χ1) is 4.27. The molecular formula is C6H9NO2. The Labute approximate surface area is 53.3 Å². The zero-order valence-electron chi connectivity index (χ0n) is 5.08. The van der Waals surface area contributed by atoms with Gasteiger partial charge in [0, 0.05) is 12.6 Å². The van der Waals surface area contributed by atoms with E-state index in [1.165, 1.54) is 0 Å². The van der Waals surface area contributed by atoms with Gasteiger partial charge in [0.15, 0.2) is 0 Å². The van der Waals surface area contributed by atoms with Crippen molar-refractivity contribution in [2.24, 2.45) is 5.92 Å². The second kappa shape index (κ2) is 1.40. The lowest BCUT2D eigenvalue weighted by molar-refractivity contribution is 0.143. The fourth-order valence-electron chi connectivity index (χ4n) is 1.77. The molecule has 1 amide bonds. The highest BCUT2D eigenvalue weighted by atomic mass is 16.4. The van der Waals surface area contributed by atoms with E-state index in [9.17, 15) is 4.79 Å². The number of fused-ring (bicyclic) bond motifs is 1. The monoisotopic (exact) mass is 127 g/mol. The normalized spacial score (nSPS) is 38.4. The first kappa shape index (κ1) is 5.09. The predicted octanol–water partition coefficient (Wildman–Crippen LogP) is 0.759. The lowest BCUT2D eigenvalue weighted by atomic mass is 9.86. The van der Waals surface area contributed by atoms with E-state index in [1.54, 1.807) is 4.90 Å². The molecule has 1 N–H and O–H groups in total. The third-order valence-corrected chi connectivity index (χ3v) is 2.35. The average Bonchev–Trinajstić information content (AvgIpc) is 2.12. The third kappa shape index (κ3) is 0.544. The quantitative estimate of drug-likeness (QED) is 0.521. The molecule has 0 radical (unpaired) electrons. The molecule has 0 aromatic rings. The van der Waals surface area contributed by atoms with Crippen molar-refractivity contribution in [3.05, 3.63) is 0 Å². The summed E-state index contributed by atoms with van der Waals surface area (Å²) in [7, 11) is 0. The Morgan fingerprint density at radius 1 is 1.56 bits per heavy atom. The van der Waals surface area contributed by atoms with E-state index in [-0.39, 0.29) is 0 Å². The van der Waals surface area contributed by atoms with Crippen LogP contribution in [0.3, 0.4) is 0 Å². The van der Waals surface area contributed by atoms with Crippen LogP contribution in [0.15, 0.2) is 0 Å². The van der Waals surface area contributed by atoms with Crippen molar-refractivity contribution in [1.82, 2.24) is 4.90 Å². The maximum Gasteiger partial charge on any atom is 0.407 e. The Bertz CT molecular complexity index is 151. The van der Waals surface area contributed by atoms with Crippen LogP contribution in [-0.2, 0) is 0 Å². The van der Waals surface area contributed by atoms with E-state index in [2.05, 4.69) is 0 Å². The van der Waals surface area contributed by atoms with Gasteiger partial charge in [-0.1, -0.05) is 0 Å². The summed E-state index contributed by atoms with van der Waals surface area (Å²) in [5.41, 5.74) is 0. The molecular weight excluding hydrogens is 118 g/mol. The van der Waals surface area contributed by atoms with Crippen LogP contribution < -0.4 is 0 Å². The Morgan fingerprint density at radius 3 is 2.44 bits per heavy atom. The molecule has 0 unspecified atom stereocenters. The minimum atomic E-state index is -0.736. The van der Waals surface area contributed by atoms with Crippen LogP contribution in [0, 0.1) is 5.92 Å². The van der Waals surface area contributed by atoms with Crippen LogP contribution in [0.25, 0.3) is 0 Å². The zero-order valence-corrected chi connectivity index (χ0v) is 5.08. The van der Waals surface area contributed by atoms with Gasteiger partial charge in [0.05, 0.1) is 0 Å². The summed E-state index contributed by atoms with van der Waals surface area (Å²) in [6.45, 7) is 0.792. The molecule has 1 aliphatic carbocycles. The van der Waals surface area contributed by atoms with Gasteiger partial charge in [0.1, 0.15) is 0 Å². The summed E-state index contributed by atoms with van der Waals surface area (Å²) in [4.78, 5) is 11.9. The van der Waals surface area contributed by atoms with Gasteiger partial charge in [-0.15, -0.1) is 0 Å². The predicted molar refractivity (Wildman–Crippen MR) is 31.2 cm³/mol. The highest BCUT2D eigenvalue weighted by Crippen LogP contribution is 2.40. The fraction of sp³-hybridized carbons (Fsp3) is 0.833. The maximum absolute atomic E-state index is 10.4. The number of carbonyl (C=O) groups is 1. The van der Waals surface area contributed by atoms with E-state index >= 15 is 0 Å². The minimum absolute atomic E-state index is 0.382. The summed E-state index contributed by atoms with van der Waals surface area (Å²) in [5.74, 6) is 0.700. The first-order valence-electron chi connectivity index (χ1n) is 3.27. The number of hydrogen-bond acceptors (Lipinski definition) is 1. The van der Waals surface area contributed by atoms with Crippen molar-refractivity contribution >= 4 is 6.09 Å². The summed E-state index contributed by atoms with van der Waals surface area (Å²) in [5, 5.41) is 8.54. The molecule has 0 atom stereocenters. The van der Waals surface area contributed by atoms with Crippen molar-refractivity contribution in [2.75, 3.05) is 6.54 Å². The topological polar surface area (TPSA) is 40.5 Å². The SMILES string of the molecule is O=C(O)N1CC2CC1C2. The molecule has 3 fully saturated rings. The van der Waals surface area contributed by atoms with Gasteiger partial charge in [-0.05, 0) is 18.8 Å². The Kier molecular flexibility index (Phi) is 0.793. The number of rotatable bonds is 0. The molecule has 2 aliphatic heterocycles. The molecule has 3 rings (SSSR count). The average molecular weight is 127 g/mol. The van der Waals surface area contributed by atoms with E-state index < -0.39 is 6.09 Å². The van der Waals surface area contributed by atoms with Crippen LogP contribution >= 0.6 is 0 Å². The fourth-order valence-corrected chi connectivity index (χ4v) is 1.77. The number of amides is 1. The molecule has 3 heteroatoms. The lowest BCUT2D eigenvalue weighted by Crippen LogP contribution is -2.32. The molecule has 0 spiro atoms. The van der Waals surface area contributed by atoms with Crippen molar-refractivity contribution < 1.29 is 9.90 Å². The molecule has 2 saturated heterocycles. The van der Waals surface area contributed by atoms with Gasteiger partial charge in [-0.25, -0.2) is 4.79 Å². The minimum Gasteiger partial charge on any atom is -0.465 e. The molecule has 9 heavy (non-hydrogen) atoms. The Hall–Kier alpha value is -0.730. The largest absolute Gasteiger partial charge is 0.465 e. The van der Waals surface area contributed by atoms with Gasteiger partial charge in [-0.2, -0.15) is 0 Å². The summed E-state index contributed by atoms with van der Waals surface area (Å²) in [6, 6.07) is 0.382. The second-order valence-corrected chi connectivity index (χ2v) is 2.93. The van der Waals surface area contributed by atoms with Crippen LogP contribution in [0.4, 0.5) is 4.79 Å². The van der Waals surface area contributed by atoms with Gasteiger partial charge >= 0.3 is 6.09 Å². The van der Waals surface area contributed by atoms with Crippen molar-refractivity contribution in [3.63, 3.8) is 0 Å². The Morgan fingerprint density at radius 2 is 2.22 bits per heavy atom. The summed E-state index contributed by atoms with van der Waals surface area (Å²) in [6.07, 6.45) is 1.50. The highest BCUT2D eigenvalue weighted by Gasteiger charge is 2.44. The second-order valence-electron chi connectivity index (χ2n) is 2.93. The van der Waals surface area contributed by atoms with Gasteiger partial charge in [0.2, 0.25) is 0 Å². The standard InChI is InChI=1S/C6H9NO2/c8-6(9)7-3-4-1-5(7)2-4/h4-5H,1-3H2,(H,8,9). The van der Waals surface area contributed by atoms with E-state index in [0.29, 0.717) is 12.0 Å². The van der Waals surface area contributed by atoms with Crippen LogP contribution in [0.5, 0.6) is 0 Å². The van der Waals surface area contributed by atoms with Crippen molar-refractivity contribution in [3.8, 4) is 0 Å². The molecule has 0 aromatic carbocycles. The smallest absolute Gasteiger partial charge is 0.407 e. The number of carboxylic acid groups (broad SMARTS) is 1. The Balaban J connectivity index is 2.08. The molecule has 3 aliphatic rings. The lowest BCUT2D eigenvalue weighted by Gasteiger charge is -2.23. The molecule has 2 bridgehead atoms. The summed E-state index contributed by atoms with van der Waals surface area (Å²) < 4.78 is 0. The molecule has 1 saturated carbocycles. The molecule has 2 heterocycles. The molecule has 50 valence electrons. The molecule has 0 aromatic heterocycles. The van der Waals surface area contributed by atoms with Crippen LogP contribution in [0.2, 0.25) is 0 Å². The van der Waals surface area contributed by atoms with E-state index in [0.717, 1.165) is 19.4 Å². The van der Waals surface area contributed by atoms with Crippen molar-refractivity contribution in [1.29, 1.82) is 0 Å². The number of nitrogens with zero attached hydrogens (tertiary/aromatic N) is 1. The first-order valence-corrected chi connectivity index (χ1v) is 3.27. The maximum atomic E-state index is 10.4. The zero-order chi connectivity index (χ0) is 6.43. The van der Waals surface area contributed by atoms with Gasteiger partial charge in [-0.3, -0.25) is 0 Å². The van der Waals surface area contributed by atoms with Gasteiger partial charge < -0.3 is 10.0 Å². The van der Waals surface area contributed by atoms with Crippen molar-refractivity contribution in [2.45, 2.75) is 18.9 Å². The number of hydrogen-bond donors (Lipinski definition) is 1. The van der Waals surface area contributed by atoms with Gasteiger partial charge in [0.25, 0.3) is 0 Å². The van der Waals surface area contributed by atoms with E-state index in [4.69, 9.17) is 5.11 Å². The van der Waals surface area contributed by atoms with E-state index in [1.807, 2.05) is 0 Å².